The Hall–Kier alpha value is -3.22. The van der Waals surface area contributed by atoms with Crippen molar-refractivity contribution in [1.29, 1.82) is 0 Å². The molecule has 38 heavy (non-hydrogen) atoms. The van der Waals surface area contributed by atoms with E-state index in [-0.39, 0.29) is 17.3 Å². The maximum absolute atomic E-state index is 12.4. The van der Waals surface area contributed by atoms with Gasteiger partial charge in [0.05, 0.1) is 17.0 Å². The zero-order valence-electron chi connectivity index (χ0n) is 21.3. The lowest BCUT2D eigenvalue weighted by Gasteiger charge is -2.30. The second-order valence-corrected chi connectivity index (χ2v) is 13.3. The van der Waals surface area contributed by atoms with E-state index >= 15 is 0 Å². The Kier molecular flexibility index (Phi) is 6.70. The lowest BCUT2D eigenvalue weighted by Crippen LogP contribution is -2.41. The molecule has 2 saturated carbocycles. The number of sulfonamides is 1. The molecular weight excluding hydrogens is 520 g/mol. The molecular formula is C26H30N8O2S2. The van der Waals surface area contributed by atoms with Crippen molar-refractivity contribution in [3.63, 3.8) is 0 Å². The van der Waals surface area contributed by atoms with Gasteiger partial charge in [-0.15, -0.1) is 10.2 Å². The fourth-order valence-electron chi connectivity index (χ4n) is 4.86. The molecule has 12 heteroatoms. The van der Waals surface area contributed by atoms with Gasteiger partial charge in [-0.3, -0.25) is 4.68 Å². The Morgan fingerprint density at radius 2 is 1.74 bits per heavy atom. The van der Waals surface area contributed by atoms with E-state index in [1.54, 1.807) is 4.68 Å². The van der Waals surface area contributed by atoms with Crippen molar-refractivity contribution in [2.75, 3.05) is 5.32 Å². The van der Waals surface area contributed by atoms with E-state index in [0.717, 1.165) is 76.6 Å². The van der Waals surface area contributed by atoms with Gasteiger partial charge < -0.3 is 5.32 Å². The quantitative estimate of drug-likeness (QED) is 0.335. The predicted molar refractivity (Wildman–Crippen MR) is 148 cm³/mol. The van der Waals surface area contributed by atoms with E-state index in [4.69, 9.17) is 9.97 Å². The average molecular weight is 551 g/mol. The van der Waals surface area contributed by atoms with Crippen molar-refractivity contribution in [2.24, 2.45) is 7.05 Å². The molecule has 3 aromatic heterocycles. The Bertz CT molecular complexity index is 1550. The second-order valence-electron chi connectivity index (χ2n) is 10.1. The highest BCUT2D eigenvalue weighted by Crippen LogP contribution is 2.34. The molecule has 0 saturated heterocycles. The molecule has 2 N–H and O–H groups in total. The number of hydrogen-bond acceptors (Lipinski definition) is 9. The number of aryl methyl sites for hydroxylation is 2. The topological polar surface area (TPSA) is 128 Å². The van der Waals surface area contributed by atoms with Crippen LogP contribution in [-0.2, 0) is 17.1 Å². The summed E-state index contributed by atoms with van der Waals surface area (Å²) in [5.41, 5.74) is 3.80. The van der Waals surface area contributed by atoms with E-state index in [9.17, 15) is 8.42 Å². The van der Waals surface area contributed by atoms with Gasteiger partial charge in [-0.1, -0.05) is 29.5 Å². The van der Waals surface area contributed by atoms with Crippen LogP contribution in [0.25, 0.3) is 33.1 Å². The third kappa shape index (κ3) is 5.47. The predicted octanol–water partition coefficient (Wildman–Crippen LogP) is 4.18. The summed E-state index contributed by atoms with van der Waals surface area (Å²) >= 11 is 1.51. The van der Waals surface area contributed by atoms with Gasteiger partial charge in [-0.2, -0.15) is 5.10 Å². The number of benzene rings is 1. The number of anilines is 1. The summed E-state index contributed by atoms with van der Waals surface area (Å²) in [4.78, 5) is 9.65. The van der Waals surface area contributed by atoms with Crippen molar-refractivity contribution < 1.29 is 8.42 Å². The van der Waals surface area contributed by atoms with Gasteiger partial charge in [-0.05, 0) is 57.1 Å². The summed E-state index contributed by atoms with van der Waals surface area (Å²) in [5, 5.41) is 17.9. The molecule has 10 nitrogen and oxygen atoms in total. The Morgan fingerprint density at radius 3 is 2.42 bits per heavy atom. The fourth-order valence-corrected chi connectivity index (χ4v) is 7.21. The van der Waals surface area contributed by atoms with Crippen LogP contribution in [0.1, 0.15) is 43.5 Å². The molecule has 0 radical (unpaired) electrons. The van der Waals surface area contributed by atoms with Gasteiger partial charge in [-0.25, -0.2) is 23.1 Å². The highest BCUT2D eigenvalue weighted by Gasteiger charge is 2.37. The molecule has 198 valence electrons. The highest BCUT2D eigenvalue weighted by molar-refractivity contribution is 7.90. The van der Waals surface area contributed by atoms with Crippen LogP contribution in [0.4, 0.5) is 5.82 Å². The van der Waals surface area contributed by atoms with Crippen LogP contribution in [0, 0.1) is 6.92 Å². The molecule has 0 bridgehead atoms. The number of aromatic nitrogens is 6. The van der Waals surface area contributed by atoms with Crippen molar-refractivity contribution >= 4 is 27.2 Å². The molecule has 0 atom stereocenters. The molecule has 2 fully saturated rings. The van der Waals surface area contributed by atoms with Crippen molar-refractivity contribution in [2.45, 2.75) is 62.8 Å². The van der Waals surface area contributed by atoms with Crippen LogP contribution in [0.15, 0.2) is 42.9 Å². The Labute approximate surface area is 226 Å². The standard InChI is InChI=1S/C26H30N8O2S2/c1-16-31-32-26(37-16)23-14-27-24(18-5-3-4-17(12-18)19-13-28-34(2)15-19)30-25(23)29-20-6-8-21(9-7-20)33-38(35,36)22-10-11-22/h3-5,12-15,20-22,33H,6-11H2,1-2H3,(H,27,29,30). The monoisotopic (exact) mass is 550 g/mol. The van der Waals surface area contributed by atoms with Crippen molar-refractivity contribution in [3.8, 4) is 33.1 Å². The molecule has 2 aliphatic carbocycles. The van der Waals surface area contributed by atoms with Crippen LogP contribution < -0.4 is 10.0 Å². The fraction of sp³-hybridized carbons (Fsp3) is 0.423. The molecule has 3 heterocycles. The average Bonchev–Trinajstić information content (AvgIpc) is 3.57. The smallest absolute Gasteiger partial charge is 0.214 e. The van der Waals surface area contributed by atoms with Crippen LogP contribution in [-0.4, -0.2) is 55.7 Å². The lowest BCUT2D eigenvalue weighted by molar-refractivity contribution is 0.387. The normalized spacial score (nSPS) is 19.9. The van der Waals surface area contributed by atoms with Gasteiger partial charge in [0.25, 0.3) is 0 Å². The van der Waals surface area contributed by atoms with Crippen LogP contribution >= 0.6 is 11.3 Å². The van der Waals surface area contributed by atoms with E-state index in [1.165, 1.54) is 11.3 Å². The SMILES string of the molecule is Cc1nnc(-c2cnc(-c3cccc(-c4cnn(C)c4)c3)nc2NC2CCC(NS(=O)(=O)C3CC3)CC2)s1. The van der Waals surface area contributed by atoms with Crippen LogP contribution in [0.5, 0.6) is 0 Å². The summed E-state index contributed by atoms with van der Waals surface area (Å²) in [5.74, 6) is 1.34. The summed E-state index contributed by atoms with van der Waals surface area (Å²) in [6.45, 7) is 1.93. The van der Waals surface area contributed by atoms with E-state index in [0.29, 0.717) is 5.82 Å². The van der Waals surface area contributed by atoms with Gasteiger partial charge in [0.15, 0.2) is 10.8 Å². The maximum atomic E-state index is 12.4. The highest BCUT2D eigenvalue weighted by atomic mass is 32.2. The molecule has 0 unspecified atom stereocenters. The van der Waals surface area contributed by atoms with Gasteiger partial charge in [0.1, 0.15) is 10.8 Å². The zero-order valence-corrected chi connectivity index (χ0v) is 23.0. The molecule has 0 amide bonds. The molecule has 1 aromatic carbocycles. The summed E-state index contributed by atoms with van der Waals surface area (Å²) in [7, 11) is -1.27. The molecule has 6 rings (SSSR count). The van der Waals surface area contributed by atoms with E-state index in [2.05, 4.69) is 31.4 Å². The first-order valence-electron chi connectivity index (χ1n) is 12.9. The first-order chi connectivity index (χ1) is 18.3. The largest absolute Gasteiger partial charge is 0.367 e. The lowest BCUT2D eigenvalue weighted by atomic mass is 9.92. The number of hydrogen-bond donors (Lipinski definition) is 2. The van der Waals surface area contributed by atoms with Gasteiger partial charge in [0, 0.05) is 42.7 Å². The number of nitrogens with zero attached hydrogens (tertiary/aromatic N) is 6. The third-order valence-corrected chi connectivity index (χ3v) is 9.95. The molecule has 0 spiro atoms. The van der Waals surface area contributed by atoms with Crippen molar-refractivity contribution in [1.82, 2.24) is 34.7 Å². The zero-order chi connectivity index (χ0) is 26.3. The molecule has 4 aromatic rings. The molecule has 0 aliphatic heterocycles. The summed E-state index contributed by atoms with van der Waals surface area (Å²) in [6, 6.07) is 8.30. The second kappa shape index (κ2) is 10.2. The summed E-state index contributed by atoms with van der Waals surface area (Å²) in [6.07, 6.45) is 10.5. The minimum atomic E-state index is -3.17. The number of rotatable bonds is 8. The Morgan fingerprint density at radius 1 is 0.974 bits per heavy atom. The van der Waals surface area contributed by atoms with E-state index in [1.807, 2.05) is 50.8 Å². The van der Waals surface area contributed by atoms with Gasteiger partial charge >= 0.3 is 0 Å². The molecule has 2 aliphatic rings. The minimum Gasteiger partial charge on any atom is -0.367 e. The first-order valence-corrected chi connectivity index (χ1v) is 15.2. The minimum absolute atomic E-state index is 0.000101. The Balaban J connectivity index is 1.24. The van der Waals surface area contributed by atoms with Crippen molar-refractivity contribution in [3.05, 3.63) is 47.9 Å². The van der Waals surface area contributed by atoms with Crippen LogP contribution in [0.2, 0.25) is 0 Å². The van der Waals surface area contributed by atoms with E-state index < -0.39 is 10.0 Å². The number of nitrogens with one attached hydrogen (secondary N) is 2. The maximum Gasteiger partial charge on any atom is 0.214 e. The first kappa shape index (κ1) is 25.1. The van der Waals surface area contributed by atoms with Gasteiger partial charge in [0.2, 0.25) is 10.0 Å². The third-order valence-electron chi connectivity index (χ3n) is 7.07. The van der Waals surface area contributed by atoms with Crippen LogP contribution in [0.3, 0.4) is 0 Å². The summed E-state index contributed by atoms with van der Waals surface area (Å²) < 4.78 is 29.4.